The van der Waals surface area contributed by atoms with Gasteiger partial charge < -0.3 is 14.2 Å². The van der Waals surface area contributed by atoms with Gasteiger partial charge in [0.1, 0.15) is 11.0 Å². The van der Waals surface area contributed by atoms with Crippen molar-refractivity contribution in [1.29, 1.82) is 0 Å². The number of esters is 1. The van der Waals surface area contributed by atoms with E-state index in [1.54, 1.807) is 24.3 Å². The Hall–Kier alpha value is -2.12. The maximum absolute atomic E-state index is 13.0. The Bertz CT molecular complexity index is 793. The number of carbonyl (C=O) groups excluding carboxylic acids is 3. The average molecular weight is 425 g/mol. The van der Waals surface area contributed by atoms with Gasteiger partial charge in [0.15, 0.2) is 19.0 Å². The molecule has 8 heteroatoms. The van der Waals surface area contributed by atoms with Crippen molar-refractivity contribution in [2.24, 2.45) is 5.41 Å². The van der Waals surface area contributed by atoms with Crippen LogP contribution in [0.15, 0.2) is 24.3 Å². The molecule has 29 heavy (non-hydrogen) atoms. The molecule has 2 aliphatic rings. The van der Waals surface area contributed by atoms with Gasteiger partial charge in [-0.25, -0.2) is 4.79 Å². The summed E-state index contributed by atoms with van der Waals surface area (Å²) in [6, 6.07) is 7.04. The SMILES string of the molecule is CN(C(=O)OCOC(=O)CC1(C)C[OH+]C1)[C@]1(c2ccccc2Cl)CCCCC1=O. The van der Waals surface area contributed by atoms with Crippen molar-refractivity contribution < 1.29 is 28.6 Å². The summed E-state index contributed by atoms with van der Waals surface area (Å²) in [5.74, 6) is -0.512. The molecule has 0 unspecified atom stereocenters. The van der Waals surface area contributed by atoms with E-state index in [0.717, 1.165) is 12.8 Å². The summed E-state index contributed by atoms with van der Waals surface area (Å²) in [5, 5.41) is 0.424. The number of rotatable bonds is 6. The molecule has 1 aliphatic carbocycles. The van der Waals surface area contributed by atoms with Crippen molar-refractivity contribution in [2.45, 2.75) is 44.6 Å². The minimum atomic E-state index is -1.18. The third-order valence-corrected chi connectivity index (χ3v) is 6.11. The predicted molar refractivity (Wildman–Crippen MR) is 106 cm³/mol. The quantitative estimate of drug-likeness (QED) is 0.397. The second-order valence-corrected chi connectivity index (χ2v) is 8.51. The number of carbonyl (C=O) groups is 3. The minimum absolute atomic E-state index is 0.0741. The van der Waals surface area contributed by atoms with Crippen LogP contribution in [0.25, 0.3) is 0 Å². The van der Waals surface area contributed by atoms with Gasteiger partial charge in [0.05, 0.1) is 6.42 Å². The minimum Gasteiger partial charge on any atom is -0.432 e. The lowest BCUT2D eigenvalue weighted by atomic mass is 9.74. The van der Waals surface area contributed by atoms with Crippen LogP contribution in [0.5, 0.6) is 0 Å². The lowest BCUT2D eigenvalue weighted by molar-refractivity contribution is -0.229. The summed E-state index contributed by atoms with van der Waals surface area (Å²) >= 11 is 6.38. The first-order valence-electron chi connectivity index (χ1n) is 9.76. The average Bonchev–Trinajstić information content (AvgIpc) is 2.67. The molecular formula is C21H27ClNO6+. The maximum atomic E-state index is 13.0. The summed E-state index contributed by atoms with van der Waals surface area (Å²) in [6.07, 6.45) is 1.87. The van der Waals surface area contributed by atoms with Gasteiger partial charge in [0, 0.05) is 24.1 Å². The molecule has 1 aromatic rings. The molecular weight excluding hydrogens is 398 g/mol. The molecule has 0 radical (unpaired) electrons. The molecule has 1 saturated carbocycles. The fourth-order valence-corrected chi connectivity index (χ4v) is 4.32. The smallest absolute Gasteiger partial charge is 0.413 e. The highest BCUT2D eigenvalue weighted by atomic mass is 35.5. The molecule has 3 rings (SSSR count). The number of hydrogen-bond donors (Lipinski definition) is 0. The van der Waals surface area contributed by atoms with Gasteiger partial charge in [-0.1, -0.05) is 29.8 Å². The molecule has 2 fully saturated rings. The van der Waals surface area contributed by atoms with E-state index in [0.29, 0.717) is 36.6 Å². The number of hydrogen-bond acceptors (Lipinski definition) is 5. The second kappa shape index (κ2) is 8.71. The highest BCUT2D eigenvalue weighted by molar-refractivity contribution is 6.31. The van der Waals surface area contributed by atoms with Gasteiger partial charge in [-0.3, -0.25) is 14.5 Å². The molecule has 158 valence electrons. The number of nitrogens with zero attached hydrogens (tertiary/aromatic N) is 1. The highest BCUT2D eigenvalue weighted by Gasteiger charge is 2.48. The largest absolute Gasteiger partial charge is 0.432 e. The molecule has 1 amide bonds. The zero-order valence-electron chi connectivity index (χ0n) is 16.8. The van der Waals surface area contributed by atoms with Crippen LogP contribution in [0, 0.1) is 5.41 Å². The molecule has 1 atom stereocenters. The van der Waals surface area contributed by atoms with Crippen LogP contribution in [0.2, 0.25) is 5.02 Å². The van der Waals surface area contributed by atoms with Crippen molar-refractivity contribution in [3.8, 4) is 0 Å². The van der Waals surface area contributed by atoms with Gasteiger partial charge in [0.2, 0.25) is 6.79 Å². The molecule has 1 saturated heterocycles. The second-order valence-electron chi connectivity index (χ2n) is 8.10. The van der Waals surface area contributed by atoms with Crippen LogP contribution in [-0.4, -0.2) is 54.5 Å². The lowest BCUT2D eigenvalue weighted by Crippen LogP contribution is -2.54. The number of amides is 1. The summed E-state index contributed by atoms with van der Waals surface area (Å²) in [6.45, 7) is 2.73. The summed E-state index contributed by atoms with van der Waals surface area (Å²) < 4.78 is 14.3. The number of aliphatic hydroxyl groups is 2. The van der Waals surface area contributed by atoms with E-state index >= 15 is 0 Å². The maximum Gasteiger partial charge on any atom is 0.413 e. The molecule has 1 N–H and O–H groups in total. The van der Waals surface area contributed by atoms with E-state index in [1.807, 2.05) is 6.92 Å². The summed E-state index contributed by atoms with van der Waals surface area (Å²) in [5.41, 5.74) is -0.761. The Morgan fingerprint density at radius 1 is 1.21 bits per heavy atom. The van der Waals surface area contributed by atoms with Crippen molar-refractivity contribution in [3.05, 3.63) is 34.9 Å². The number of ketones is 1. The van der Waals surface area contributed by atoms with Crippen LogP contribution in [0.1, 0.15) is 44.6 Å². The van der Waals surface area contributed by atoms with Gasteiger partial charge in [-0.15, -0.1) is 0 Å². The zero-order valence-corrected chi connectivity index (χ0v) is 17.5. The predicted octanol–water partition coefficient (Wildman–Crippen LogP) is 3.19. The summed E-state index contributed by atoms with van der Waals surface area (Å²) in [4.78, 5) is 38.9. The van der Waals surface area contributed by atoms with E-state index < -0.39 is 24.4 Å². The molecule has 1 aliphatic heterocycles. The standard InChI is InChI=1S/C21H26ClNO6/c1-20(12-27-13-20)11-18(25)28-14-29-19(26)23(2)21(10-6-5-9-17(21)24)15-7-3-4-8-16(15)22/h3-4,7-8H,5-6,9-14H2,1-2H3/p+1/t21-/m0/s1. The zero-order chi connectivity index (χ0) is 21.1. The lowest BCUT2D eigenvalue weighted by Gasteiger charge is -2.43. The number of Topliss-reactive ketones (excluding diaryl/α,β-unsaturated/α-hetero) is 1. The van der Waals surface area contributed by atoms with Crippen LogP contribution in [0.3, 0.4) is 0 Å². The first-order chi connectivity index (χ1) is 13.8. The number of benzene rings is 1. The van der Waals surface area contributed by atoms with Crippen molar-refractivity contribution in [1.82, 2.24) is 4.90 Å². The van der Waals surface area contributed by atoms with E-state index in [9.17, 15) is 14.4 Å². The van der Waals surface area contributed by atoms with Gasteiger partial charge in [-0.2, -0.15) is 0 Å². The van der Waals surface area contributed by atoms with E-state index in [1.165, 1.54) is 11.9 Å². The Balaban J connectivity index is 1.67. The third-order valence-electron chi connectivity index (χ3n) is 5.78. The number of ether oxygens (including phenoxy) is 3. The fourth-order valence-electron chi connectivity index (χ4n) is 4.03. The van der Waals surface area contributed by atoms with Crippen molar-refractivity contribution >= 4 is 29.4 Å². The Labute approximate surface area is 175 Å². The monoisotopic (exact) mass is 424 g/mol. The molecule has 0 spiro atoms. The number of halogens is 1. The molecule has 7 nitrogen and oxygen atoms in total. The van der Waals surface area contributed by atoms with Gasteiger partial charge in [0.25, 0.3) is 0 Å². The first-order valence-corrected chi connectivity index (χ1v) is 10.1. The van der Waals surface area contributed by atoms with E-state index in [-0.39, 0.29) is 17.6 Å². The number of likely N-dealkylation sites (N-methyl/N-ethyl adjacent to an activating group) is 1. The van der Waals surface area contributed by atoms with Crippen LogP contribution < -0.4 is 0 Å². The van der Waals surface area contributed by atoms with E-state index in [4.69, 9.17) is 21.1 Å². The Morgan fingerprint density at radius 3 is 2.55 bits per heavy atom. The topological polar surface area (TPSA) is 85.7 Å². The fraction of sp³-hybridized carbons (Fsp3) is 0.571. The molecule has 1 heterocycles. The first kappa shape index (κ1) is 21.6. The normalized spacial score (nSPS) is 23.1. The van der Waals surface area contributed by atoms with Crippen LogP contribution in [-0.2, 0) is 24.6 Å². The van der Waals surface area contributed by atoms with Gasteiger partial charge in [-0.05, 0) is 32.3 Å². The highest BCUT2D eigenvalue weighted by Crippen LogP contribution is 2.42. The van der Waals surface area contributed by atoms with Crippen LogP contribution >= 0.6 is 11.6 Å². The van der Waals surface area contributed by atoms with Crippen molar-refractivity contribution in [3.63, 3.8) is 0 Å². The van der Waals surface area contributed by atoms with Gasteiger partial charge >= 0.3 is 12.1 Å². The molecule has 0 bridgehead atoms. The molecule has 1 aromatic carbocycles. The van der Waals surface area contributed by atoms with Crippen LogP contribution in [0.4, 0.5) is 4.79 Å². The summed E-state index contributed by atoms with van der Waals surface area (Å²) in [7, 11) is 1.52. The Morgan fingerprint density at radius 2 is 1.93 bits per heavy atom. The Kier molecular flexibility index (Phi) is 6.49. The van der Waals surface area contributed by atoms with Crippen molar-refractivity contribution in [2.75, 3.05) is 27.1 Å². The van der Waals surface area contributed by atoms with E-state index in [2.05, 4.69) is 4.74 Å². The third kappa shape index (κ3) is 4.41. The molecule has 0 aromatic heterocycles.